The third-order valence-corrected chi connectivity index (χ3v) is 3.94. The van der Waals surface area contributed by atoms with Crippen LogP contribution in [0.2, 0.25) is 0 Å². The number of aromatic nitrogens is 2. The van der Waals surface area contributed by atoms with Gasteiger partial charge in [0.1, 0.15) is 11.3 Å². The number of phenols is 1. The average Bonchev–Trinajstić information content (AvgIpc) is 2.61. The number of nitrogens with zero attached hydrogens (tertiary/aromatic N) is 2. The van der Waals surface area contributed by atoms with Crippen molar-refractivity contribution in [3.05, 3.63) is 53.3 Å². The predicted octanol–water partition coefficient (Wildman–Crippen LogP) is 4.68. The molecule has 0 unspecified atom stereocenters. The van der Waals surface area contributed by atoms with Crippen molar-refractivity contribution in [1.29, 1.82) is 0 Å². The Morgan fingerprint density at radius 2 is 2.00 bits per heavy atom. The number of carbonyl (C=O) groups excluding carboxylic acids is 1. The van der Waals surface area contributed by atoms with Crippen molar-refractivity contribution in [2.24, 2.45) is 0 Å². The fourth-order valence-corrected chi connectivity index (χ4v) is 2.62. The van der Waals surface area contributed by atoms with E-state index < -0.39 is 5.97 Å². The third kappa shape index (κ3) is 4.46. The standard InChI is InChI=1S/C20H21N3O3.ClH/c1-4-9-26-20(25)15-11-21-19-14(7-6-13(3)22-19)18(15)23-16-8-5-12(2)10-17(16)24;/h5-8,10-11,24H,4,9H2,1-3H3,(H,21,22,23);1H. The predicted molar refractivity (Wildman–Crippen MR) is 108 cm³/mol. The number of phenolic OH excluding ortho intramolecular Hbond substituents is 1. The van der Waals surface area contributed by atoms with Crippen LogP contribution in [0.5, 0.6) is 5.75 Å². The normalized spacial score (nSPS) is 10.3. The van der Waals surface area contributed by atoms with Gasteiger partial charge in [-0.1, -0.05) is 13.0 Å². The molecule has 2 N–H and O–H groups in total. The number of ether oxygens (including phenoxy) is 1. The molecule has 0 aliphatic carbocycles. The van der Waals surface area contributed by atoms with Gasteiger partial charge in [-0.15, -0.1) is 12.4 Å². The maximum absolute atomic E-state index is 12.5. The van der Waals surface area contributed by atoms with Crippen LogP contribution in [-0.2, 0) is 4.74 Å². The monoisotopic (exact) mass is 387 g/mol. The Bertz CT molecular complexity index is 976. The van der Waals surface area contributed by atoms with Gasteiger partial charge in [-0.3, -0.25) is 0 Å². The molecular formula is C20H22ClN3O3. The van der Waals surface area contributed by atoms with Crippen LogP contribution in [0.1, 0.15) is 35.0 Å². The van der Waals surface area contributed by atoms with Gasteiger partial charge in [-0.05, 0) is 50.1 Å². The van der Waals surface area contributed by atoms with Gasteiger partial charge in [0.25, 0.3) is 0 Å². The van der Waals surface area contributed by atoms with Crippen LogP contribution in [0.3, 0.4) is 0 Å². The quantitative estimate of drug-likeness (QED) is 0.488. The highest BCUT2D eigenvalue weighted by atomic mass is 35.5. The van der Waals surface area contributed by atoms with E-state index in [0.717, 1.165) is 17.7 Å². The number of anilines is 2. The first-order valence-corrected chi connectivity index (χ1v) is 8.49. The van der Waals surface area contributed by atoms with Crippen LogP contribution < -0.4 is 5.32 Å². The highest BCUT2D eigenvalue weighted by Crippen LogP contribution is 2.33. The Morgan fingerprint density at radius 1 is 1.22 bits per heavy atom. The highest BCUT2D eigenvalue weighted by molar-refractivity contribution is 6.05. The number of aromatic hydroxyl groups is 1. The molecule has 2 heterocycles. The number of pyridine rings is 2. The lowest BCUT2D eigenvalue weighted by atomic mass is 10.1. The van der Waals surface area contributed by atoms with Gasteiger partial charge in [-0.25, -0.2) is 14.8 Å². The lowest BCUT2D eigenvalue weighted by Gasteiger charge is -2.15. The minimum atomic E-state index is -0.462. The molecule has 0 saturated carbocycles. The molecule has 0 saturated heterocycles. The van der Waals surface area contributed by atoms with Gasteiger partial charge in [0.05, 0.1) is 18.0 Å². The van der Waals surface area contributed by atoms with E-state index in [2.05, 4.69) is 15.3 Å². The lowest BCUT2D eigenvalue weighted by Crippen LogP contribution is -2.10. The van der Waals surface area contributed by atoms with Crippen molar-refractivity contribution in [3.63, 3.8) is 0 Å². The summed E-state index contributed by atoms with van der Waals surface area (Å²) in [5.74, 6) is -0.362. The summed E-state index contributed by atoms with van der Waals surface area (Å²) < 4.78 is 5.28. The molecule has 3 aromatic rings. The van der Waals surface area contributed by atoms with E-state index in [-0.39, 0.29) is 18.2 Å². The van der Waals surface area contributed by atoms with Crippen molar-refractivity contribution < 1.29 is 14.6 Å². The first-order chi connectivity index (χ1) is 12.5. The SMILES string of the molecule is CCCOC(=O)c1cnc2nc(C)ccc2c1Nc1ccc(C)cc1O.Cl. The summed E-state index contributed by atoms with van der Waals surface area (Å²) in [4.78, 5) is 21.2. The summed E-state index contributed by atoms with van der Waals surface area (Å²) in [6.45, 7) is 6.04. The maximum atomic E-state index is 12.5. The molecule has 0 radical (unpaired) electrons. The number of nitrogens with one attached hydrogen (secondary N) is 1. The molecule has 3 rings (SSSR count). The minimum Gasteiger partial charge on any atom is -0.506 e. The summed E-state index contributed by atoms with van der Waals surface area (Å²) >= 11 is 0. The minimum absolute atomic E-state index is 0. The van der Waals surface area contributed by atoms with Crippen molar-refractivity contribution in [2.45, 2.75) is 27.2 Å². The van der Waals surface area contributed by atoms with Gasteiger partial charge in [0.2, 0.25) is 0 Å². The van der Waals surface area contributed by atoms with E-state index in [1.165, 1.54) is 6.20 Å². The second-order valence-electron chi connectivity index (χ2n) is 6.15. The Labute approximate surface area is 164 Å². The van der Waals surface area contributed by atoms with Gasteiger partial charge >= 0.3 is 5.97 Å². The molecule has 2 aromatic heterocycles. The number of rotatable bonds is 5. The van der Waals surface area contributed by atoms with Crippen molar-refractivity contribution in [1.82, 2.24) is 9.97 Å². The number of hydrogen-bond donors (Lipinski definition) is 2. The number of halogens is 1. The van der Waals surface area contributed by atoms with E-state index >= 15 is 0 Å². The summed E-state index contributed by atoms with van der Waals surface area (Å²) in [7, 11) is 0. The Balaban J connectivity index is 0.00000261. The van der Waals surface area contributed by atoms with E-state index in [4.69, 9.17) is 4.74 Å². The van der Waals surface area contributed by atoms with E-state index in [1.54, 1.807) is 12.1 Å². The zero-order valence-electron chi connectivity index (χ0n) is 15.4. The molecule has 0 fully saturated rings. The van der Waals surface area contributed by atoms with Crippen molar-refractivity contribution in [3.8, 4) is 5.75 Å². The number of fused-ring (bicyclic) bond motifs is 1. The second-order valence-corrected chi connectivity index (χ2v) is 6.15. The van der Waals surface area contributed by atoms with Gasteiger partial charge in [-0.2, -0.15) is 0 Å². The Kier molecular flexibility index (Phi) is 6.58. The summed E-state index contributed by atoms with van der Waals surface area (Å²) in [5, 5.41) is 14.1. The molecule has 0 aliphatic heterocycles. The number of esters is 1. The first kappa shape index (κ1) is 20.5. The largest absolute Gasteiger partial charge is 0.506 e. The Morgan fingerprint density at radius 3 is 2.70 bits per heavy atom. The molecule has 1 aromatic carbocycles. The highest BCUT2D eigenvalue weighted by Gasteiger charge is 2.18. The zero-order chi connectivity index (χ0) is 18.7. The molecule has 0 amide bonds. The van der Waals surface area contributed by atoms with Gasteiger partial charge in [0, 0.05) is 17.3 Å². The summed E-state index contributed by atoms with van der Waals surface area (Å²) in [6.07, 6.45) is 2.19. The van der Waals surface area contributed by atoms with E-state index in [9.17, 15) is 9.90 Å². The fourth-order valence-electron chi connectivity index (χ4n) is 2.62. The zero-order valence-corrected chi connectivity index (χ0v) is 16.3. The van der Waals surface area contributed by atoms with Crippen molar-refractivity contribution >= 4 is 40.8 Å². The van der Waals surface area contributed by atoms with E-state index in [1.807, 2.05) is 39.0 Å². The molecule has 7 heteroatoms. The topological polar surface area (TPSA) is 84.3 Å². The molecule has 0 bridgehead atoms. The van der Waals surface area contributed by atoms with Crippen LogP contribution in [0.15, 0.2) is 36.5 Å². The maximum Gasteiger partial charge on any atom is 0.341 e. The first-order valence-electron chi connectivity index (χ1n) is 8.49. The molecule has 0 aliphatic rings. The van der Waals surface area contributed by atoms with Crippen molar-refractivity contribution in [2.75, 3.05) is 11.9 Å². The number of hydrogen-bond acceptors (Lipinski definition) is 6. The van der Waals surface area contributed by atoms with Crippen LogP contribution >= 0.6 is 12.4 Å². The molecule has 142 valence electrons. The number of aryl methyl sites for hydroxylation is 2. The summed E-state index contributed by atoms with van der Waals surface area (Å²) in [5.41, 5.74) is 3.60. The smallest absolute Gasteiger partial charge is 0.341 e. The molecule has 0 spiro atoms. The summed E-state index contributed by atoms with van der Waals surface area (Å²) in [6, 6.07) is 9.01. The molecular weight excluding hydrogens is 366 g/mol. The number of benzene rings is 1. The fraction of sp³-hybridized carbons (Fsp3) is 0.250. The Hall–Kier alpha value is -2.86. The van der Waals surface area contributed by atoms with Crippen LogP contribution in [0.25, 0.3) is 11.0 Å². The van der Waals surface area contributed by atoms with Gasteiger partial charge < -0.3 is 15.2 Å². The third-order valence-electron chi connectivity index (χ3n) is 3.94. The molecule has 6 nitrogen and oxygen atoms in total. The second kappa shape index (κ2) is 8.68. The lowest BCUT2D eigenvalue weighted by molar-refractivity contribution is 0.0506. The average molecular weight is 388 g/mol. The van der Waals surface area contributed by atoms with E-state index in [0.29, 0.717) is 34.6 Å². The number of carbonyl (C=O) groups is 1. The van der Waals surface area contributed by atoms with Gasteiger partial charge in [0.15, 0.2) is 5.65 Å². The van der Waals surface area contributed by atoms with Crippen LogP contribution in [-0.4, -0.2) is 27.7 Å². The van der Waals surface area contributed by atoms with Crippen LogP contribution in [0.4, 0.5) is 11.4 Å². The molecule has 0 atom stereocenters. The van der Waals surface area contributed by atoms with Crippen LogP contribution in [0, 0.1) is 13.8 Å². The molecule has 27 heavy (non-hydrogen) atoms.